The van der Waals surface area contributed by atoms with Crippen LogP contribution in [0, 0.1) is 0 Å². The van der Waals surface area contributed by atoms with E-state index >= 15 is 0 Å². The molecule has 0 aliphatic rings. The van der Waals surface area contributed by atoms with Crippen LogP contribution in [0.25, 0.3) is 0 Å². The van der Waals surface area contributed by atoms with Gasteiger partial charge in [0.15, 0.2) is 0 Å². The van der Waals surface area contributed by atoms with Crippen LogP contribution in [0.15, 0.2) is 0 Å². The van der Waals surface area contributed by atoms with Gasteiger partial charge in [-0.2, -0.15) is 0 Å². The Morgan fingerprint density at radius 3 is 2.00 bits per heavy atom. The molecule has 1 N–H and O–H groups in total. The van der Waals surface area contributed by atoms with Gasteiger partial charge in [0, 0.05) is 12.1 Å². The minimum absolute atomic E-state index is 0.187. The fraction of sp³-hybridized carbons (Fsp3) is 1.00. The molecule has 0 aliphatic heterocycles. The highest BCUT2D eigenvalue weighted by Crippen LogP contribution is 2.11. The number of hydrogen-bond acceptors (Lipinski definition) is 2. The van der Waals surface area contributed by atoms with Gasteiger partial charge in [0.2, 0.25) is 0 Å². The van der Waals surface area contributed by atoms with Crippen LogP contribution >= 0.6 is 0 Å². The molecule has 2 unspecified atom stereocenters. The number of aliphatic hydroxyl groups is 1. The molecule has 0 aromatic heterocycles. The van der Waals surface area contributed by atoms with Crippen LogP contribution in [0.1, 0.15) is 47.5 Å². The van der Waals surface area contributed by atoms with E-state index in [4.69, 9.17) is 0 Å². The van der Waals surface area contributed by atoms with Gasteiger partial charge in [-0.05, 0) is 47.1 Å². The molecule has 0 aliphatic carbocycles. The largest absolute Gasteiger partial charge is 0.393 e. The van der Waals surface area contributed by atoms with Crippen molar-refractivity contribution in [2.75, 3.05) is 6.54 Å². The molecule has 0 aromatic rings. The van der Waals surface area contributed by atoms with Crippen LogP contribution in [-0.2, 0) is 0 Å². The summed E-state index contributed by atoms with van der Waals surface area (Å²) in [6.45, 7) is 11.8. The Kier molecular flexibility index (Phi) is 6.35. The van der Waals surface area contributed by atoms with Crippen molar-refractivity contribution in [3.8, 4) is 0 Å². The van der Waals surface area contributed by atoms with E-state index in [0.717, 1.165) is 13.0 Å². The Bertz CT molecular complexity index is 123. The Balaban J connectivity index is 4.02. The van der Waals surface area contributed by atoms with Gasteiger partial charge in [0.1, 0.15) is 0 Å². The second-order valence-electron chi connectivity index (χ2n) is 4.27. The second-order valence-corrected chi connectivity index (χ2v) is 4.27. The quantitative estimate of drug-likeness (QED) is 0.689. The minimum atomic E-state index is -0.187. The molecule has 0 amide bonds. The van der Waals surface area contributed by atoms with Gasteiger partial charge in [0.25, 0.3) is 0 Å². The van der Waals surface area contributed by atoms with Crippen LogP contribution < -0.4 is 0 Å². The van der Waals surface area contributed by atoms with E-state index in [2.05, 4.69) is 32.6 Å². The average molecular weight is 187 g/mol. The average Bonchev–Trinajstić information content (AvgIpc) is 1.97. The molecule has 0 aromatic carbocycles. The molecule has 2 atom stereocenters. The molecule has 0 heterocycles. The third-order valence-corrected chi connectivity index (χ3v) is 2.39. The van der Waals surface area contributed by atoms with Crippen LogP contribution in [-0.4, -0.2) is 34.7 Å². The molecule has 2 heteroatoms. The van der Waals surface area contributed by atoms with E-state index in [1.165, 1.54) is 6.42 Å². The summed E-state index contributed by atoms with van der Waals surface area (Å²) in [5, 5.41) is 9.30. The summed E-state index contributed by atoms with van der Waals surface area (Å²) < 4.78 is 0. The standard InChI is InChI=1S/C11H25NO/c1-6-7-12(9(2)3)10(4)8-11(5)13/h9-11,13H,6-8H2,1-5H3. The Morgan fingerprint density at radius 1 is 1.15 bits per heavy atom. The zero-order valence-electron chi connectivity index (χ0n) is 9.75. The van der Waals surface area contributed by atoms with E-state index in [1.54, 1.807) is 0 Å². The second kappa shape index (κ2) is 6.39. The molecule has 0 radical (unpaired) electrons. The van der Waals surface area contributed by atoms with Crippen molar-refractivity contribution in [3.05, 3.63) is 0 Å². The van der Waals surface area contributed by atoms with Gasteiger partial charge < -0.3 is 5.11 Å². The van der Waals surface area contributed by atoms with Gasteiger partial charge in [0.05, 0.1) is 6.10 Å². The molecule has 0 saturated heterocycles. The lowest BCUT2D eigenvalue weighted by atomic mass is 10.1. The summed E-state index contributed by atoms with van der Waals surface area (Å²) in [6, 6.07) is 1.06. The smallest absolute Gasteiger partial charge is 0.0526 e. The van der Waals surface area contributed by atoms with Crippen LogP contribution in [0.2, 0.25) is 0 Å². The van der Waals surface area contributed by atoms with Gasteiger partial charge >= 0.3 is 0 Å². The highest BCUT2D eigenvalue weighted by atomic mass is 16.3. The summed E-state index contributed by atoms with van der Waals surface area (Å²) in [5.41, 5.74) is 0. The van der Waals surface area contributed by atoms with Crippen molar-refractivity contribution in [3.63, 3.8) is 0 Å². The van der Waals surface area contributed by atoms with Crippen molar-refractivity contribution >= 4 is 0 Å². The molecular weight excluding hydrogens is 162 g/mol. The van der Waals surface area contributed by atoms with Crippen molar-refractivity contribution in [2.45, 2.75) is 65.6 Å². The lowest BCUT2D eigenvalue weighted by Gasteiger charge is -2.33. The molecule has 0 spiro atoms. The fourth-order valence-electron chi connectivity index (χ4n) is 1.87. The van der Waals surface area contributed by atoms with Crippen LogP contribution in [0.5, 0.6) is 0 Å². The van der Waals surface area contributed by atoms with E-state index in [9.17, 15) is 5.11 Å². The van der Waals surface area contributed by atoms with Gasteiger partial charge in [-0.15, -0.1) is 0 Å². The predicted octanol–water partition coefficient (Wildman–Crippen LogP) is 2.27. The van der Waals surface area contributed by atoms with Gasteiger partial charge in [-0.3, -0.25) is 4.90 Å². The molecule has 0 rings (SSSR count). The normalized spacial score (nSPS) is 16.6. The highest BCUT2D eigenvalue weighted by Gasteiger charge is 2.17. The van der Waals surface area contributed by atoms with Crippen molar-refractivity contribution in [1.82, 2.24) is 4.90 Å². The Hall–Kier alpha value is -0.0800. The maximum Gasteiger partial charge on any atom is 0.0526 e. The first-order valence-corrected chi connectivity index (χ1v) is 5.42. The highest BCUT2D eigenvalue weighted by molar-refractivity contribution is 4.72. The summed E-state index contributed by atoms with van der Waals surface area (Å²) in [7, 11) is 0. The first-order chi connectivity index (χ1) is 5.99. The molecule has 2 nitrogen and oxygen atoms in total. The zero-order chi connectivity index (χ0) is 10.4. The Morgan fingerprint density at radius 2 is 1.69 bits per heavy atom. The molecule has 0 fully saturated rings. The summed E-state index contributed by atoms with van der Waals surface area (Å²) in [4.78, 5) is 2.45. The Labute approximate surface area is 82.9 Å². The SMILES string of the molecule is CCCN(C(C)C)C(C)CC(C)O. The summed E-state index contributed by atoms with van der Waals surface area (Å²) >= 11 is 0. The number of nitrogens with zero attached hydrogens (tertiary/aromatic N) is 1. The van der Waals surface area contributed by atoms with E-state index in [-0.39, 0.29) is 6.10 Å². The minimum Gasteiger partial charge on any atom is -0.393 e. The molecule has 80 valence electrons. The lowest BCUT2D eigenvalue weighted by Crippen LogP contribution is -2.40. The number of hydrogen-bond donors (Lipinski definition) is 1. The van der Waals surface area contributed by atoms with E-state index in [1.807, 2.05) is 6.92 Å². The first-order valence-electron chi connectivity index (χ1n) is 5.42. The summed E-state index contributed by atoms with van der Waals surface area (Å²) in [6.07, 6.45) is 1.87. The maximum atomic E-state index is 9.30. The topological polar surface area (TPSA) is 23.5 Å². The zero-order valence-corrected chi connectivity index (χ0v) is 9.75. The van der Waals surface area contributed by atoms with Crippen molar-refractivity contribution < 1.29 is 5.11 Å². The number of aliphatic hydroxyl groups excluding tert-OH is 1. The van der Waals surface area contributed by atoms with Crippen molar-refractivity contribution in [1.29, 1.82) is 0 Å². The van der Waals surface area contributed by atoms with Gasteiger partial charge in [-0.1, -0.05) is 6.92 Å². The molecule has 13 heavy (non-hydrogen) atoms. The van der Waals surface area contributed by atoms with Crippen LogP contribution in [0.3, 0.4) is 0 Å². The predicted molar refractivity (Wildman–Crippen MR) is 57.9 cm³/mol. The van der Waals surface area contributed by atoms with Crippen molar-refractivity contribution in [2.24, 2.45) is 0 Å². The third kappa shape index (κ3) is 5.27. The maximum absolute atomic E-state index is 9.30. The third-order valence-electron chi connectivity index (χ3n) is 2.39. The van der Waals surface area contributed by atoms with E-state index < -0.39 is 0 Å². The molecule has 0 bridgehead atoms. The first kappa shape index (κ1) is 12.9. The summed E-state index contributed by atoms with van der Waals surface area (Å²) in [5.74, 6) is 0. The lowest BCUT2D eigenvalue weighted by molar-refractivity contribution is 0.100. The fourth-order valence-corrected chi connectivity index (χ4v) is 1.87. The van der Waals surface area contributed by atoms with Gasteiger partial charge in [-0.25, -0.2) is 0 Å². The van der Waals surface area contributed by atoms with Crippen LogP contribution in [0.4, 0.5) is 0 Å². The van der Waals surface area contributed by atoms with E-state index in [0.29, 0.717) is 12.1 Å². The number of rotatable bonds is 6. The molecular formula is C11H25NO. The molecule has 0 saturated carbocycles. The monoisotopic (exact) mass is 187 g/mol.